The summed E-state index contributed by atoms with van der Waals surface area (Å²) in [7, 11) is 0. The molecular weight excluding hydrogens is 240 g/mol. The van der Waals surface area contributed by atoms with E-state index in [2.05, 4.69) is 76.2 Å². The highest BCUT2D eigenvalue weighted by atomic mass is 14.2. The van der Waals surface area contributed by atoms with Gasteiger partial charge in [-0.25, -0.2) is 0 Å². The zero-order valence-electron chi connectivity index (χ0n) is 17.0. The summed E-state index contributed by atoms with van der Waals surface area (Å²) >= 11 is 0. The highest BCUT2D eigenvalue weighted by molar-refractivity contribution is 4.67. The number of hydrogen-bond donors (Lipinski definition) is 0. The Balaban J connectivity index is -0.0000000941. The lowest BCUT2D eigenvalue weighted by Gasteiger charge is -2.23. The first-order chi connectivity index (χ1) is 9.32. The Morgan fingerprint density at radius 3 is 0.800 bits per heavy atom. The zero-order chi connectivity index (χ0) is 17.0. The molecule has 0 nitrogen and oxygen atoms in total. The summed E-state index contributed by atoms with van der Waals surface area (Å²) < 4.78 is 0. The summed E-state index contributed by atoms with van der Waals surface area (Å²) in [6.07, 6.45) is 9.12. The fourth-order valence-corrected chi connectivity index (χ4v) is 1.04. The van der Waals surface area contributed by atoms with Crippen molar-refractivity contribution >= 4 is 0 Å². The molecule has 0 saturated carbocycles. The first-order valence-electron chi connectivity index (χ1n) is 9.32. The van der Waals surface area contributed by atoms with Crippen molar-refractivity contribution in [1.82, 2.24) is 0 Å². The SMILES string of the molecule is CCC.CCC.CCC(C)(CC)CC.CCC(C)CC. The van der Waals surface area contributed by atoms with Crippen molar-refractivity contribution in [3.8, 4) is 0 Å². The average Bonchev–Trinajstić information content (AvgIpc) is 2.48. The normalized spacial score (nSPS) is 9.60. The van der Waals surface area contributed by atoms with E-state index in [1.165, 1.54) is 44.9 Å². The van der Waals surface area contributed by atoms with Crippen molar-refractivity contribution in [2.75, 3.05) is 0 Å². The second kappa shape index (κ2) is 24.0. The van der Waals surface area contributed by atoms with E-state index in [1.807, 2.05) is 0 Å². The van der Waals surface area contributed by atoms with E-state index < -0.39 is 0 Å². The molecule has 0 bridgehead atoms. The summed E-state index contributed by atoms with van der Waals surface area (Å²) in [6.45, 7) is 24.4. The predicted molar refractivity (Wildman–Crippen MR) is 101 cm³/mol. The summed E-state index contributed by atoms with van der Waals surface area (Å²) in [6, 6.07) is 0. The van der Waals surface area contributed by atoms with Gasteiger partial charge in [0.05, 0.1) is 0 Å². The predicted octanol–water partition coefficient (Wildman–Crippen LogP) is 8.50. The van der Waals surface area contributed by atoms with Crippen LogP contribution in [0.5, 0.6) is 0 Å². The van der Waals surface area contributed by atoms with Crippen LogP contribution in [0.4, 0.5) is 0 Å². The molecule has 0 saturated heterocycles. The fourth-order valence-electron chi connectivity index (χ4n) is 1.04. The van der Waals surface area contributed by atoms with Crippen LogP contribution in [0.3, 0.4) is 0 Å². The van der Waals surface area contributed by atoms with Crippen molar-refractivity contribution in [3.63, 3.8) is 0 Å². The molecule has 0 radical (unpaired) electrons. The summed E-state index contributed by atoms with van der Waals surface area (Å²) in [4.78, 5) is 0. The Kier molecular flexibility index (Phi) is 33.9. The van der Waals surface area contributed by atoms with Crippen LogP contribution in [-0.4, -0.2) is 0 Å². The van der Waals surface area contributed by atoms with E-state index in [0.717, 1.165) is 5.92 Å². The summed E-state index contributed by atoms with van der Waals surface area (Å²) in [5.74, 6) is 0.935. The molecule has 128 valence electrons. The van der Waals surface area contributed by atoms with Crippen LogP contribution in [0, 0.1) is 11.3 Å². The molecule has 0 aromatic heterocycles. The van der Waals surface area contributed by atoms with Crippen LogP contribution >= 0.6 is 0 Å². The van der Waals surface area contributed by atoms with E-state index in [9.17, 15) is 0 Å². The first-order valence-corrected chi connectivity index (χ1v) is 9.32. The molecule has 0 unspecified atom stereocenters. The third-order valence-corrected chi connectivity index (χ3v) is 3.95. The van der Waals surface area contributed by atoms with Gasteiger partial charge in [-0.3, -0.25) is 0 Å². The molecule has 0 aromatic rings. The lowest BCUT2D eigenvalue weighted by atomic mass is 9.82. The number of rotatable bonds is 5. The van der Waals surface area contributed by atoms with Crippen molar-refractivity contribution in [2.24, 2.45) is 11.3 Å². The highest BCUT2D eigenvalue weighted by Gasteiger charge is 2.15. The molecule has 0 heteroatoms. The van der Waals surface area contributed by atoms with Crippen molar-refractivity contribution in [2.45, 2.75) is 121 Å². The maximum absolute atomic E-state index is 2.35. The van der Waals surface area contributed by atoms with Gasteiger partial charge in [0.2, 0.25) is 0 Å². The van der Waals surface area contributed by atoms with Crippen LogP contribution in [-0.2, 0) is 0 Å². The molecule has 0 N–H and O–H groups in total. The van der Waals surface area contributed by atoms with E-state index in [4.69, 9.17) is 0 Å². The molecular formula is C20H48. The minimum absolute atomic E-state index is 0.625. The summed E-state index contributed by atoms with van der Waals surface area (Å²) in [5, 5.41) is 0. The van der Waals surface area contributed by atoms with Gasteiger partial charge in [-0.1, -0.05) is 121 Å². The van der Waals surface area contributed by atoms with E-state index in [1.54, 1.807) is 0 Å². The van der Waals surface area contributed by atoms with Gasteiger partial charge in [0.15, 0.2) is 0 Å². The Morgan fingerprint density at radius 2 is 0.800 bits per heavy atom. The van der Waals surface area contributed by atoms with E-state index in [-0.39, 0.29) is 0 Å². The second-order valence-electron chi connectivity index (χ2n) is 6.21. The highest BCUT2D eigenvalue weighted by Crippen LogP contribution is 2.28. The molecule has 0 aromatic carbocycles. The fraction of sp³-hybridized carbons (Fsp3) is 1.00. The quantitative estimate of drug-likeness (QED) is 0.475. The molecule has 0 atom stereocenters. The van der Waals surface area contributed by atoms with Crippen LogP contribution in [0.25, 0.3) is 0 Å². The Hall–Kier alpha value is 0. The van der Waals surface area contributed by atoms with Gasteiger partial charge in [0.1, 0.15) is 0 Å². The lowest BCUT2D eigenvalue weighted by molar-refractivity contribution is 0.286. The summed E-state index contributed by atoms with van der Waals surface area (Å²) in [5.41, 5.74) is 0.625. The number of hydrogen-bond acceptors (Lipinski definition) is 0. The van der Waals surface area contributed by atoms with Crippen molar-refractivity contribution in [3.05, 3.63) is 0 Å². The molecule has 0 aliphatic heterocycles. The van der Waals surface area contributed by atoms with Gasteiger partial charge in [-0.05, 0) is 11.3 Å². The smallest absolute Gasteiger partial charge is 0.0334 e. The van der Waals surface area contributed by atoms with Crippen molar-refractivity contribution < 1.29 is 0 Å². The zero-order valence-corrected chi connectivity index (χ0v) is 17.0. The molecule has 0 aliphatic rings. The molecule has 0 fully saturated rings. The van der Waals surface area contributed by atoms with Crippen LogP contribution in [0.2, 0.25) is 0 Å². The van der Waals surface area contributed by atoms with Gasteiger partial charge in [-0.15, -0.1) is 0 Å². The molecule has 0 heterocycles. The van der Waals surface area contributed by atoms with E-state index >= 15 is 0 Å². The Labute approximate surface area is 133 Å². The molecule has 0 aliphatic carbocycles. The lowest BCUT2D eigenvalue weighted by Crippen LogP contribution is -2.10. The van der Waals surface area contributed by atoms with Gasteiger partial charge < -0.3 is 0 Å². The van der Waals surface area contributed by atoms with Gasteiger partial charge in [-0.2, -0.15) is 0 Å². The maximum Gasteiger partial charge on any atom is -0.0334 e. The largest absolute Gasteiger partial charge is 0.0656 e. The van der Waals surface area contributed by atoms with Gasteiger partial charge in [0.25, 0.3) is 0 Å². The third kappa shape index (κ3) is 30.8. The molecule has 20 heavy (non-hydrogen) atoms. The Bertz CT molecular complexity index is 108. The molecule has 0 amide bonds. The molecule has 0 rings (SSSR count). The molecule has 0 spiro atoms. The second-order valence-corrected chi connectivity index (χ2v) is 6.21. The van der Waals surface area contributed by atoms with Crippen LogP contribution < -0.4 is 0 Å². The first kappa shape index (κ1) is 28.2. The minimum atomic E-state index is 0.625. The Morgan fingerprint density at radius 1 is 0.600 bits per heavy atom. The van der Waals surface area contributed by atoms with Gasteiger partial charge >= 0.3 is 0 Å². The average molecular weight is 289 g/mol. The maximum atomic E-state index is 2.35. The van der Waals surface area contributed by atoms with Crippen LogP contribution in [0.15, 0.2) is 0 Å². The third-order valence-electron chi connectivity index (χ3n) is 3.95. The monoisotopic (exact) mass is 288 g/mol. The van der Waals surface area contributed by atoms with Gasteiger partial charge in [0, 0.05) is 0 Å². The minimum Gasteiger partial charge on any atom is -0.0656 e. The van der Waals surface area contributed by atoms with Crippen LogP contribution in [0.1, 0.15) is 121 Å². The topological polar surface area (TPSA) is 0 Å². The van der Waals surface area contributed by atoms with Crippen molar-refractivity contribution in [1.29, 1.82) is 0 Å². The van der Waals surface area contributed by atoms with E-state index in [0.29, 0.717) is 5.41 Å². The standard InChI is InChI=1S/C8H18.C6H14.2C3H8/c1-5-8(4,6-2)7-3;1-4-6(3)5-2;2*1-3-2/h5-7H2,1-4H3;6H,4-5H2,1-3H3;2*3H2,1-2H3.